The van der Waals surface area contributed by atoms with Gasteiger partial charge in [0.25, 0.3) is 0 Å². The van der Waals surface area contributed by atoms with Crippen molar-refractivity contribution in [2.75, 3.05) is 11.9 Å². The molecule has 3 rings (SSSR count). The standard InChI is InChI=1S/C15H20N4/c1-12-10-17-19(11-12)14-7-8-16-15(9-14)18-13-5-3-2-4-6-13/h2-6,10-11,14-16,18H,7-9H2,1H3. The van der Waals surface area contributed by atoms with E-state index >= 15 is 0 Å². The van der Waals surface area contributed by atoms with Crippen LogP contribution in [-0.2, 0) is 0 Å². The van der Waals surface area contributed by atoms with Gasteiger partial charge < -0.3 is 5.32 Å². The monoisotopic (exact) mass is 256 g/mol. The Morgan fingerprint density at radius 2 is 2.16 bits per heavy atom. The summed E-state index contributed by atoms with van der Waals surface area (Å²) in [6, 6.07) is 10.8. The van der Waals surface area contributed by atoms with Crippen LogP contribution in [0.3, 0.4) is 0 Å². The Labute approximate surface area is 113 Å². The van der Waals surface area contributed by atoms with Crippen LogP contribution in [0.4, 0.5) is 5.69 Å². The van der Waals surface area contributed by atoms with Crippen LogP contribution in [0.2, 0.25) is 0 Å². The maximum absolute atomic E-state index is 4.44. The van der Waals surface area contributed by atoms with Crippen molar-refractivity contribution < 1.29 is 0 Å². The van der Waals surface area contributed by atoms with Crippen molar-refractivity contribution in [2.24, 2.45) is 0 Å². The van der Waals surface area contributed by atoms with E-state index in [-0.39, 0.29) is 0 Å². The molecule has 0 spiro atoms. The summed E-state index contributed by atoms with van der Waals surface area (Å²) in [6.45, 7) is 3.11. The number of para-hydroxylation sites is 1. The number of aromatic nitrogens is 2. The lowest BCUT2D eigenvalue weighted by atomic mass is 10.0. The van der Waals surface area contributed by atoms with E-state index in [2.05, 4.69) is 57.8 Å². The minimum Gasteiger partial charge on any atom is -0.370 e. The normalized spacial score (nSPS) is 23.2. The van der Waals surface area contributed by atoms with Gasteiger partial charge in [-0.15, -0.1) is 0 Å². The summed E-state index contributed by atoms with van der Waals surface area (Å²) >= 11 is 0. The molecule has 4 nitrogen and oxygen atoms in total. The fraction of sp³-hybridized carbons (Fsp3) is 0.400. The lowest BCUT2D eigenvalue weighted by Crippen LogP contribution is -2.43. The van der Waals surface area contributed by atoms with Crippen LogP contribution in [0.25, 0.3) is 0 Å². The van der Waals surface area contributed by atoms with Crippen LogP contribution in [-0.4, -0.2) is 22.5 Å². The van der Waals surface area contributed by atoms with Crippen LogP contribution in [0.15, 0.2) is 42.7 Å². The molecule has 0 bridgehead atoms. The van der Waals surface area contributed by atoms with Gasteiger partial charge in [-0.05, 0) is 37.6 Å². The number of hydrogen-bond donors (Lipinski definition) is 2. The molecule has 1 fully saturated rings. The summed E-state index contributed by atoms with van der Waals surface area (Å²) in [4.78, 5) is 0. The first-order valence-electron chi connectivity index (χ1n) is 6.87. The number of benzene rings is 1. The van der Waals surface area contributed by atoms with Gasteiger partial charge in [-0.25, -0.2) is 0 Å². The van der Waals surface area contributed by atoms with E-state index in [4.69, 9.17) is 0 Å². The first-order chi connectivity index (χ1) is 9.31. The molecule has 4 heteroatoms. The van der Waals surface area contributed by atoms with Crippen molar-refractivity contribution in [3.8, 4) is 0 Å². The number of nitrogens with one attached hydrogen (secondary N) is 2. The van der Waals surface area contributed by atoms with Crippen LogP contribution in [0.5, 0.6) is 0 Å². The second-order valence-corrected chi connectivity index (χ2v) is 5.19. The fourth-order valence-corrected chi connectivity index (χ4v) is 2.62. The van der Waals surface area contributed by atoms with Crippen LogP contribution >= 0.6 is 0 Å². The second kappa shape index (κ2) is 5.45. The van der Waals surface area contributed by atoms with Gasteiger partial charge in [0.2, 0.25) is 0 Å². The van der Waals surface area contributed by atoms with E-state index in [1.54, 1.807) is 0 Å². The summed E-state index contributed by atoms with van der Waals surface area (Å²) < 4.78 is 2.11. The second-order valence-electron chi connectivity index (χ2n) is 5.19. The Kier molecular flexibility index (Phi) is 3.51. The summed E-state index contributed by atoms with van der Waals surface area (Å²) in [5, 5.41) is 11.5. The smallest absolute Gasteiger partial charge is 0.0788 e. The zero-order chi connectivity index (χ0) is 13.1. The number of aryl methyl sites for hydroxylation is 1. The molecule has 0 saturated carbocycles. The molecular weight excluding hydrogens is 236 g/mol. The van der Waals surface area contributed by atoms with Gasteiger partial charge >= 0.3 is 0 Å². The topological polar surface area (TPSA) is 41.9 Å². The molecule has 0 amide bonds. The molecule has 1 aromatic carbocycles. The Bertz CT molecular complexity index is 520. The van der Waals surface area contributed by atoms with Crippen molar-refractivity contribution >= 4 is 5.69 Å². The highest BCUT2D eigenvalue weighted by molar-refractivity contribution is 5.43. The van der Waals surface area contributed by atoms with Crippen molar-refractivity contribution in [1.82, 2.24) is 15.1 Å². The molecular formula is C15H20N4. The third-order valence-electron chi connectivity index (χ3n) is 3.60. The zero-order valence-electron chi connectivity index (χ0n) is 11.2. The molecule has 2 N–H and O–H groups in total. The van der Waals surface area contributed by atoms with Crippen LogP contribution in [0.1, 0.15) is 24.4 Å². The van der Waals surface area contributed by atoms with Gasteiger partial charge in [-0.1, -0.05) is 18.2 Å². The molecule has 1 aromatic heterocycles. The summed E-state index contributed by atoms with van der Waals surface area (Å²) in [5.41, 5.74) is 2.39. The molecule has 2 heterocycles. The molecule has 100 valence electrons. The highest BCUT2D eigenvalue weighted by Gasteiger charge is 2.22. The van der Waals surface area contributed by atoms with Gasteiger partial charge in [0.1, 0.15) is 0 Å². The number of rotatable bonds is 3. The van der Waals surface area contributed by atoms with Crippen molar-refractivity contribution in [1.29, 1.82) is 0 Å². The summed E-state index contributed by atoms with van der Waals surface area (Å²) in [7, 11) is 0. The van der Waals surface area contributed by atoms with Gasteiger partial charge in [0.15, 0.2) is 0 Å². The molecule has 0 aliphatic carbocycles. The molecule has 2 atom stereocenters. The largest absolute Gasteiger partial charge is 0.370 e. The lowest BCUT2D eigenvalue weighted by molar-refractivity contribution is 0.299. The average Bonchev–Trinajstić information content (AvgIpc) is 2.87. The van der Waals surface area contributed by atoms with Gasteiger partial charge in [-0.2, -0.15) is 5.10 Å². The molecule has 0 radical (unpaired) electrons. The summed E-state index contributed by atoms with van der Waals surface area (Å²) in [6.07, 6.45) is 6.56. The molecule has 2 aromatic rings. The van der Waals surface area contributed by atoms with E-state index in [0.717, 1.165) is 25.1 Å². The van der Waals surface area contributed by atoms with Crippen molar-refractivity contribution in [3.63, 3.8) is 0 Å². The minimum atomic E-state index is 0.311. The quantitative estimate of drug-likeness (QED) is 0.887. The summed E-state index contributed by atoms with van der Waals surface area (Å²) in [5.74, 6) is 0. The van der Waals surface area contributed by atoms with Gasteiger partial charge in [-0.3, -0.25) is 10.00 Å². The Morgan fingerprint density at radius 1 is 1.32 bits per heavy atom. The Morgan fingerprint density at radius 3 is 2.89 bits per heavy atom. The third-order valence-corrected chi connectivity index (χ3v) is 3.60. The predicted octanol–water partition coefficient (Wildman–Crippen LogP) is 2.55. The predicted molar refractivity (Wildman–Crippen MR) is 77.1 cm³/mol. The number of anilines is 1. The van der Waals surface area contributed by atoms with Crippen LogP contribution in [0, 0.1) is 6.92 Å². The van der Waals surface area contributed by atoms with Crippen molar-refractivity contribution in [2.45, 2.75) is 32.0 Å². The minimum absolute atomic E-state index is 0.311. The highest BCUT2D eigenvalue weighted by Crippen LogP contribution is 2.22. The zero-order valence-corrected chi connectivity index (χ0v) is 11.2. The SMILES string of the molecule is Cc1cnn(C2CCNC(Nc3ccccc3)C2)c1. The van der Waals surface area contributed by atoms with Gasteiger partial charge in [0, 0.05) is 18.3 Å². The fourth-order valence-electron chi connectivity index (χ4n) is 2.62. The highest BCUT2D eigenvalue weighted by atomic mass is 15.3. The molecule has 1 aliphatic rings. The van der Waals surface area contributed by atoms with E-state index < -0.39 is 0 Å². The molecule has 1 aliphatic heterocycles. The van der Waals surface area contributed by atoms with Crippen molar-refractivity contribution in [3.05, 3.63) is 48.3 Å². The van der Waals surface area contributed by atoms with E-state index in [9.17, 15) is 0 Å². The maximum Gasteiger partial charge on any atom is 0.0788 e. The molecule has 1 saturated heterocycles. The van der Waals surface area contributed by atoms with E-state index in [1.807, 2.05) is 12.3 Å². The van der Waals surface area contributed by atoms with Crippen LogP contribution < -0.4 is 10.6 Å². The number of piperidine rings is 1. The van der Waals surface area contributed by atoms with E-state index in [0.29, 0.717) is 12.2 Å². The number of hydrogen-bond acceptors (Lipinski definition) is 3. The Hall–Kier alpha value is -1.81. The Balaban J connectivity index is 1.65. The average molecular weight is 256 g/mol. The first-order valence-corrected chi connectivity index (χ1v) is 6.87. The van der Waals surface area contributed by atoms with Gasteiger partial charge in [0.05, 0.1) is 18.4 Å². The van der Waals surface area contributed by atoms with E-state index in [1.165, 1.54) is 5.56 Å². The first kappa shape index (κ1) is 12.2. The molecule has 19 heavy (non-hydrogen) atoms. The third kappa shape index (κ3) is 2.96. The maximum atomic E-state index is 4.44. The molecule has 2 unspecified atom stereocenters. The number of nitrogens with zero attached hydrogens (tertiary/aromatic N) is 2. The lowest BCUT2D eigenvalue weighted by Gasteiger charge is -2.31.